The van der Waals surface area contributed by atoms with Crippen molar-refractivity contribution in [2.75, 3.05) is 11.9 Å². The molecule has 1 heterocycles. The minimum Gasteiger partial charge on any atom is -0.487 e. The molecule has 1 saturated carbocycles. The summed E-state index contributed by atoms with van der Waals surface area (Å²) in [6.45, 7) is 3.95. The van der Waals surface area contributed by atoms with E-state index in [0.29, 0.717) is 5.56 Å². The first kappa shape index (κ1) is 35.7. The molecule has 4 rings (SSSR count). The van der Waals surface area contributed by atoms with E-state index in [1.165, 1.54) is 35.9 Å². The summed E-state index contributed by atoms with van der Waals surface area (Å²) in [5, 5.41) is 7.98. The van der Waals surface area contributed by atoms with Crippen LogP contribution in [-0.2, 0) is 24.6 Å². The Hall–Kier alpha value is -4.11. The lowest BCUT2D eigenvalue weighted by Gasteiger charge is -2.30. The maximum absolute atomic E-state index is 14.0. The van der Waals surface area contributed by atoms with Crippen molar-refractivity contribution in [1.29, 1.82) is 0 Å². The maximum Gasteiger partial charge on any atom is 0.418 e. The number of benzene rings is 2. The van der Waals surface area contributed by atoms with Gasteiger partial charge in [-0.3, -0.25) is 9.59 Å². The van der Waals surface area contributed by atoms with Crippen molar-refractivity contribution < 1.29 is 49.4 Å². The summed E-state index contributed by atoms with van der Waals surface area (Å²) < 4.78 is 114. The second kappa shape index (κ2) is 13.6. The van der Waals surface area contributed by atoms with Crippen molar-refractivity contribution in [2.45, 2.75) is 77.8 Å². The average Bonchev–Trinajstić information content (AvgIpc) is 3.26. The minimum atomic E-state index is -4.76. The van der Waals surface area contributed by atoms with Crippen molar-refractivity contribution in [3.8, 4) is 5.75 Å². The molecule has 0 bridgehead atoms. The Labute approximate surface area is 265 Å². The van der Waals surface area contributed by atoms with Crippen LogP contribution in [0.15, 0.2) is 30.3 Å². The third kappa shape index (κ3) is 8.83. The summed E-state index contributed by atoms with van der Waals surface area (Å²) in [5.74, 6) is -2.92. The highest BCUT2D eigenvalue weighted by atomic mass is 19.4. The molecule has 0 radical (unpaired) electrons. The number of hydrogen-bond donors (Lipinski definition) is 3. The van der Waals surface area contributed by atoms with Gasteiger partial charge < -0.3 is 25.3 Å². The van der Waals surface area contributed by atoms with Crippen LogP contribution >= 0.6 is 0 Å². The van der Waals surface area contributed by atoms with Gasteiger partial charge in [-0.25, -0.2) is 13.8 Å². The number of amides is 2. The number of aryl methyl sites for hydroxylation is 1. The number of carbonyl (C=O) groups is 2. The average molecular weight is 678 g/mol. The molecule has 8 nitrogen and oxygen atoms in total. The number of halogens is 8. The number of alkyl halides is 8. The number of nitrogens with one attached hydrogen (secondary N) is 3. The molecule has 3 aromatic rings. The van der Waals surface area contributed by atoms with E-state index >= 15 is 0 Å². The van der Waals surface area contributed by atoms with Crippen LogP contribution in [0.3, 0.4) is 0 Å². The fraction of sp³-hybridized carbons (Fsp3) is 0.516. The number of fused-ring (bicyclic) bond motifs is 1. The van der Waals surface area contributed by atoms with Crippen molar-refractivity contribution in [3.63, 3.8) is 0 Å². The molecule has 0 aliphatic heterocycles. The molecule has 0 saturated heterocycles. The second-order valence-corrected chi connectivity index (χ2v) is 12.5. The molecule has 1 aromatic heterocycles. The van der Waals surface area contributed by atoms with Crippen LogP contribution in [0.25, 0.3) is 11.0 Å². The third-order valence-electron chi connectivity index (χ3n) is 7.89. The highest BCUT2D eigenvalue weighted by Gasteiger charge is 2.41. The molecule has 258 valence electrons. The van der Waals surface area contributed by atoms with Crippen LogP contribution in [0.4, 0.5) is 46.8 Å². The molecule has 0 atom stereocenters. The number of hydrogen-bond acceptors (Lipinski definition) is 5. The zero-order chi connectivity index (χ0) is 34.9. The molecule has 2 aromatic carbocycles. The van der Waals surface area contributed by atoms with E-state index < -0.39 is 54.2 Å². The number of imidazole rings is 1. The van der Waals surface area contributed by atoms with E-state index in [9.17, 15) is 44.7 Å². The first-order valence-electron chi connectivity index (χ1n) is 14.8. The van der Waals surface area contributed by atoms with Gasteiger partial charge in [0.1, 0.15) is 12.4 Å². The SMILES string of the molecule is Cn1c(Nc2cc(CNC(=O)C(C)(C)C)ccc2C(F)(F)F)nc2cc(C(=O)NC3CCC(C(F)(F)F)CC3)c(OCC(F)F)cc21. The minimum absolute atomic E-state index is 0.0490. The smallest absolute Gasteiger partial charge is 0.418 e. The van der Waals surface area contributed by atoms with Gasteiger partial charge in [-0.2, -0.15) is 26.3 Å². The fourth-order valence-corrected chi connectivity index (χ4v) is 5.23. The summed E-state index contributed by atoms with van der Waals surface area (Å²) in [4.78, 5) is 29.9. The van der Waals surface area contributed by atoms with Crippen molar-refractivity contribution in [2.24, 2.45) is 18.4 Å². The molecule has 1 aliphatic rings. The highest BCUT2D eigenvalue weighted by molar-refractivity contribution is 6.01. The number of aromatic nitrogens is 2. The molecule has 0 unspecified atom stereocenters. The molecule has 1 aliphatic carbocycles. The van der Waals surface area contributed by atoms with Crippen molar-refractivity contribution in [3.05, 3.63) is 47.0 Å². The molecule has 1 fully saturated rings. The van der Waals surface area contributed by atoms with E-state index in [2.05, 4.69) is 20.9 Å². The predicted octanol–water partition coefficient (Wildman–Crippen LogP) is 7.49. The molecule has 0 spiro atoms. The second-order valence-electron chi connectivity index (χ2n) is 12.5. The van der Waals surface area contributed by atoms with Crippen molar-refractivity contribution in [1.82, 2.24) is 20.2 Å². The summed E-state index contributed by atoms with van der Waals surface area (Å²) in [6.07, 6.45) is -12.2. The van der Waals surface area contributed by atoms with Gasteiger partial charge in [0.15, 0.2) is 0 Å². The monoisotopic (exact) mass is 677 g/mol. The summed E-state index contributed by atoms with van der Waals surface area (Å²) in [6, 6.07) is 5.19. The van der Waals surface area contributed by atoms with Crippen LogP contribution in [0, 0.1) is 11.3 Å². The molecule has 47 heavy (non-hydrogen) atoms. The van der Waals surface area contributed by atoms with E-state index in [1.807, 2.05) is 0 Å². The van der Waals surface area contributed by atoms with Gasteiger partial charge in [-0.05, 0) is 49.4 Å². The van der Waals surface area contributed by atoms with Gasteiger partial charge in [-0.1, -0.05) is 26.8 Å². The summed E-state index contributed by atoms with van der Waals surface area (Å²) >= 11 is 0. The van der Waals surface area contributed by atoms with Gasteiger partial charge in [0, 0.05) is 31.1 Å². The van der Waals surface area contributed by atoms with Gasteiger partial charge >= 0.3 is 12.4 Å². The maximum atomic E-state index is 14.0. The Kier molecular flexibility index (Phi) is 10.3. The van der Waals surface area contributed by atoms with Crippen LogP contribution in [-0.4, -0.2) is 46.6 Å². The lowest BCUT2D eigenvalue weighted by atomic mass is 9.85. The van der Waals surface area contributed by atoms with Crippen LogP contribution in [0.5, 0.6) is 5.75 Å². The third-order valence-corrected chi connectivity index (χ3v) is 7.89. The molecular formula is C31H35F8N5O3. The van der Waals surface area contributed by atoms with Crippen LogP contribution in [0.2, 0.25) is 0 Å². The zero-order valence-corrected chi connectivity index (χ0v) is 26.0. The Morgan fingerprint density at radius 2 is 1.66 bits per heavy atom. The Morgan fingerprint density at radius 1 is 1.00 bits per heavy atom. The largest absolute Gasteiger partial charge is 0.487 e. The lowest BCUT2D eigenvalue weighted by Crippen LogP contribution is -2.40. The molecule has 2 amide bonds. The topological polar surface area (TPSA) is 97.3 Å². The van der Waals surface area contributed by atoms with Crippen molar-refractivity contribution >= 4 is 34.5 Å². The summed E-state index contributed by atoms with van der Waals surface area (Å²) in [5.41, 5.74) is -1.64. The standard InChI is InChI=1S/C31H35F8N5O3/c1-29(2,3)27(46)40-14-16-5-10-20(31(37,38)39)21(11-16)42-28-43-22-12-19(24(47-15-25(32)33)13-23(22)44(28)4)26(45)41-18-8-6-17(7-9-18)30(34,35)36/h5,10-13,17-18,25H,6-9,14-15H2,1-4H3,(H,40,46)(H,41,45)(H,42,43). The quantitative estimate of drug-likeness (QED) is 0.204. The Bertz CT molecular complexity index is 1600. The summed E-state index contributed by atoms with van der Waals surface area (Å²) in [7, 11) is 1.45. The normalized spacial score (nSPS) is 17.6. The van der Waals surface area contributed by atoms with Crippen LogP contribution in [0.1, 0.15) is 67.9 Å². The Morgan fingerprint density at radius 3 is 2.23 bits per heavy atom. The van der Waals surface area contributed by atoms with Gasteiger partial charge in [-0.15, -0.1) is 0 Å². The number of nitrogens with zero attached hydrogens (tertiary/aromatic N) is 2. The van der Waals surface area contributed by atoms with E-state index in [0.717, 1.165) is 6.07 Å². The van der Waals surface area contributed by atoms with E-state index in [1.54, 1.807) is 20.8 Å². The fourth-order valence-electron chi connectivity index (χ4n) is 5.23. The predicted molar refractivity (Wildman–Crippen MR) is 158 cm³/mol. The zero-order valence-electron chi connectivity index (χ0n) is 26.0. The first-order valence-corrected chi connectivity index (χ1v) is 14.8. The molecular weight excluding hydrogens is 642 g/mol. The van der Waals surface area contributed by atoms with Gasteiger partial charge in [0.25, 0.3) is 12.3 Å². The first-order chi connectivity index (χ1) is 21.7. The lowest BCUT2D eigenvalue weighted by molar-refractivity contribution is -0.182. The van der Waals surface area contributed by atoms with Gasteiger partial charge in [0.05, 0.1) is 33.8 Å². The van der Waals surface area contributed by atoms with Crippen LogP contribution < -0.4 is 20.7 Å². The molecule has 16 heteroatoms. The van der Waals surface area contributed by atoms with E-state index in [4.69, 9.17) is 4.74 Å². The number of rotatable bonds is 9. The van der Waals surface area contributed by atoms with E-state index in [-0.39, 0.29) is 72.1 Å². The number of ether oxygens (including phenoxy) is 1. The highest BCUT2D eigenvalue weighted by Crippen LogP contribution is 2.39. The Balaban J connectivity index is 1.65. The number of anilines is 2. The molecule has 3 N–H and O–H groups in total. The number of carbonyl (C=O) groups excluding carboxylic acids is 2. The van der Waals surface area contributed by atoms with Gasteiger partial charge in [0.2, 0.25) is 11.9 Å².